The molecule has 4 nitrogen and oxygen atoms in total. The smallest absolute Gasteiger partial charge is 0.255 e. The average molecular weight is 223 g/mol. The fourth-order valence-corrected chi connectivity index (χ4v) is 1.19. The number of hydrogen-bond acceptors (Lipinski definition) is 3. The van der Waals surface area contributed by atoms with Crippen LogP contribution in [-0.4, -0.2) is 28.8 Å². The Kier molecular flexibility index (Phi) is 4.31. The maximum absolute atomic E-state index is 11.6. The van der Waals surface area contributed by atoms with E-state index >= 15 is 0 Å². The highest BCUT2D eigenvalue weighted by Gasteiger charge is 2.13. The number of phenols is 1. The van der Waals surface area contributed by atoms with Crippen molar-refractivity contribution in [2.24, 2.45) is 5.92 Å². The fourth-order valence-electron chi connectivity index (χ4n) is 1.19. The van der Waals surface area contributed by atoms with Gasteiger partial charge in [-0.05, 0) is 18.1 Å². The first-order valence-electron chi connectivity index (χ1n) is 5.26. The summed E-state index contributed by atoms with van der Waals surface area (Å²) in [4.78, 5) is 11.6. The van der Waals surface area contributed by atoms with Gasteiger partial charge in [-0.25, -0.2) is 0 Å². The Labute approximate surface area is 94.9 Å². The lowest BCUT2D eigenvalue weighted by atomic mass is 10.1. The normalized spacial score (nSPS) is 12.5. The molecular weight excluding hydrogens is 206 g/mol. The van der Waals surface area contributed by atoms with Crippen LogP contribution in [0.25, 0.3) is 0 Å². The fraction of sp³-hybridized carbons (Fsp3) is 0.417. The molecule has 1 aromatic rings. The highest BCUT2D eigenvalue weighted by atomic mass is 16.3. The number of amides is 1. The van der Waals surface area contributed by atoms with Gasteiger partial charge >= 0.3 is 0 Å². The Balaban J connectivity index is 2.57. The van der Waals surface area contributed by atoms with Gasteiger partial charge in [-0.3, -0.25) is 4.79 Å². The van der Waals surface area contributed by atoms with Crippen LogP contribution in [-0.2, 0) is 0 Å². The molecule has 0 aliphatic rings. The van der Waals surface area contributed by atoms with E-state index in [1.165, 1.54) is 12.1 Å². The number of carbonyl (C=O) groups excluding carboxylic acids is 1. The summed E-state index contributed by atoms with van der Waals surface area (Å²) in [7, 11) is 0. The van der Waals surface area contributed by atoms with Crippen LogP contribution in [0.1, 0.15) is 24.2 Å². The van der Waals surface area contributed by atoms with Crippen LogP contribution in [0.2, 0.25) is 0 Å². The molecule has 0 heterocycles. The molecule has 0 bridgehead atoms. The van der Waals surface area contributed by atoms with Gasteiger partial charge in [0.15, 0.2) is 0 Å². The van der Waals surface area contributed by atoms with Crippen molar-refractivity contribution in [1.82, 2.24) is 5.32 Å². The summed E-state index contributed by atoms with van der Waals surface area (Å²) < 4.78 is 0. The molecule has 1 atom stereocenters. The van der Waals surface area contributed by atoms with E-state index in [4.69, 9.17) is 0 Å². The summed E-state index contributed by atoms with van der Waals surface area (Å²) in [6.45, 7) is 3.93. The maximum Gasteiger partial charge on any atom is 0.255 e. The van der Waals surface area contributed by atoms with Gasteiger partial charge in [-0.1, -0.05) is 26.0 Å². The van der Waals surface area contributed by atoms with Crippen molar-refractivity contribution in [2.45, 2.75) is 20.0 Å². The lowest BCUT2D eigenvalue weighted by Crippen LogP contribution is -2.34. The number of benzene rings is 1. The van der Waals surface area contributed by atoms with Gasteiger partial charge in [0.2, 0.25) is 0 Å². The molecule has 0 radical (unpaired) electrons. The number of para-hydroxylation sites is 1. The third-order valence-electron chi connectivity index (χ3n) is 2.39. The molecular formula is C12H17NO3. The molecule has 1 unspecified atom stereocenters. The standard InChI is InChI=1S/C12H17NO3/c1-8(2)11(15)7-13-12(16)9-5-3-4-6-10(9)14/h3-6,8,11,14-15H,7H2,1-2H3,(H,13,16). The van der Waals surface area contributed by atoms with E-state index in [1.807, 2.05) is 13.8 Å². The zero-order chi connectivity index (χ0) is 12.1. The number of aliphatic hydroxyl groups is 1. The molecule has 0 spiro atoms. The van der Waals surface area contributed by atoms with Crippen LogP contribution < -0.4 is 5.32 Å². The van der Waals surface area contributed by atoms with Crippen molar-refractivity contribution in [1.29, 1.82) is 0 Å². The van der Waals surface area contributed by atoms with Crippen molar-refractivity contribution in [3.63, 3.8) is 0 Å². The van der Waals surface area contributed by atoms with Crippen LogP contribution in [0, 0.1) is 5.92 Å². The van der Waals surface area contributed by atoms with Crippen LogP contribution in [0.3, 0.4) is 0 Å². The SMILES string of the molecule is CC(C)C(O)CNC(=O)c1ccccc1O. The molecule has 3 N–H and O–H groups in total. The van der Waals surface area contributed by atoms with E-state index in [1.54, 1.807) is 12.1 Å². The number of rotatable bonds is 4. The van der Waals surface area contributed by atoms with Crippen molar-refractivity contribution in [3.8, 4) is 5.75 Å². The lowest BCUT2D eigenvalue weighted by molar-refractivity contribution is 0.0869. The van der Waals surface area contributed by atoms with Crippen LogP contribution in [0.4, 0.5) is 0 Å². The van der Waals surface area contributed by atoms with E-state index in [0.717, 1.165) is 0 Å². The number of hydrogen-bond donors (Lipinski definition) is 3. The van der Waals surface area contributed by atoms with Gasteiger partial charge in [0.25, 0.3) is 5.91 Å². The van der Waals surface area contributed by atoms with Gasteiger partial charge < -0.3 is 15.5 Å². The molecule has 88 valence electrons. The Morgan fingerprint density at radius 2 is 2.00 bits per heavy atom. The molecule has 1 aromatic carbocycles. The number of aromatic hydroxyl groups is 1. The molecule has 0 aliphatic carbocycles. The van der Waals surface area contributed by atoms with Gasteiger partial charge in [-0.15, -0.1) is 0 Å². The monoisotopic (exact) mass is 223 g/mol. The quantitative estimate of drug-likeness (QED) is 0.717. The summed E-state index contributed by atoms with van der Waals surface area (Å²) >= 11 is 0. The number of nitrogens with one attached hydrogen (secondary N) is 1. The minimum atomic E-state index is -0.574. The highest BCUT2D eigenvalue weighted by molar-refractivity contribution is 5.96. The first-order chi connectivity index (χ1) is 7.52. The third-order valence-corrected chi connectivity index (χ3v) is 2.39. The minimum Gasteiger partial charge on any atom is -0.507 e. The summed E-state index contributed by atoms with van der Waals surface area (Å²) in [6.07, 6.45) is -0.574. The zero-order valence-corrected chi connectivity index (χ0v) is 9.47. The summed E-state index contributed by atoms with van der Waals surface area (Å²) in [5, 5.41) is 21.5. The van der Waals surface area contributed by atoms with Crippen molar-refractivity contribution >= 4 is 5.91 Å². The van der Waals surface area contributed by atoms with Crippen molar-refractivity contribution < 1.29 is 15.0 Å². The molecule has 0 aromatic heterocycles. The molecule has 16 heavy (non-hydrogen) atoms. The maximum atomic E-state index is 11.6. The Bertz CT molecular complexity index is 363. The zero-order valence-electron chi connectivity index (χ0n) is 9.47. The second-order valence-electron chi connectivity index (χ2n) is 4.04. The Morgan fingerprint density at radius 1 is 1.38 bits per heavy atom. The Morgan fingerprint density at radius 3 is 2.56 bits per heavy atom. The van der Waals surface area contributed by atoms with Gasteiger partial charge in [0.1, 0.15) is 5.75 Å². The van der Waals surface area contributed by atoms with Crippen LogP contribution >= 0.6 is 0 Å². The van der Waals surface area contributed by atoms with E-state index in [9.17, 15) is 15.0 Å². The topological polar surface area (TPSA) is 69.6 Å². The van der Waals surface area contributed by atoms with Gasteiger partial charge in [0.05, 0.1) is 11.7 Å². The van der Waals surface area contributed by atoms with E-state index < -0.39 is 6.10 Å². The average Bonchev–Trinajstić information content (AvgIpc) is 2.25. The second kappa shape index (κ2) is 5.51. The molecule has 0 saturated carbocycles. The second-order valence-corrected chi connectivity index (χ2v) is 4.04. The highest BCUT2D eigenvalue weighted by Crippen LogP contribution is 2.15. The number of phenolic OH excluding ortho intramolecular Hbond substituents is 1. The van der Waals surface area contributed by atoms with Crippen LogP contribution in [0.15, 0.2) is 24.3 Å². The van der Waals surface area contributed by atoms with E-state index in [2.05, 4.69) is 5.32 Å². The summed E-state index contributed by atoms with van der Waals surface area (Å²) in [6, 6.07) is 6.31. The van der Waals surface area contributed by atoms with Gasteiger partial charge in [0, 0.05) is 6.54 Å². The number of aliphatic hydroxyl groups excluding tert-OH is 1. The molecule has 4 heteroatoms. The minimum absolute atomic E-state index is 0.0564. The first-order valence-corrected chi connectivity index (χ1v) is 5.26. The third kappa shape index (κ3) is 3.24. The largest absolute Gasteiger partial charge is 0.507 e. The molecule has 0 saturated heterocycles. The summed E-state index contributed by atoms with van der Waals surface area (Å²) in [5.74, 6) is -0.346. The molecule has 1 amide bonds. The predicted octanol–water partition coefficient (Wildman–Crippen LogP) is 1.14. The van der Waals surface area contributed by atoms with Crippen LogP contribution in [0.5, 0.6) is 5.75 Å². The first kappa shape index (κ1) is 12.5. The molecule has 0 fully saturated rings. The molecule has 0 aliphatic heterocycles. The molecule has 1 rings (SSSR count). The van der Waals surface area contributed by atoms with E-state index in [-0.39, 0.29) is 29.7 Å². The summed E-state index contributed by atoms with van der Waals surface area (Å²) in [5.41, 5.74) is 0.221. The Hall–Kier alpha value is -1.55. The van der Waals surface area contributed by atoms with Crippen molar-refractivity contribution in [3.05, 3.63) is 29.8 Å². The van der Waals surface area contributed by atoms with E-state index in [0.29, 0.717) is 0 Å². The van der Waals surface area contributed by atoms with Gasteiger partial charge in [-0.2, -0.15) is 0 Å². The van der Waals surface area contributed by atoms with Crippen molar-refractivity contribution in [2.75, 3.05) is 6.54 Å². The number of carbonyl (C=O) groups is 1. The predicted molar refractivity (Wildman–Crippen MR) is 61.3 cm³/mol. The lowest BCUT2D eigenvalue weighted by Gasteiger charge is -2.15.